The van der Waals surface area contributed by atoms with E-state index in [0.29, 0.717) is 18.7 Å². The van der Waals surface area contributed by atoms with Crippen molar-refractivity contribution in [2.45, 2.75) is 24.6 Å². The van der Waals surface area contributed by atoms with Gasteiger partial charge in [-0.3, -0.25) is 4.79 Å². The van der Waals surface area contributed by atoms with Gasteiger partial charge in [0.2, 0.25) is 5.91 Å². The number of carbonyl (C=O) groups excluding carboxylic acids is 1. The average molecular weight is 375 g/mol. The van der Waals surface area contributed by atoms with E-state index >= 15 is 0 Å². The number of hydrogen-bond acceptors (Lipinski definition) is 4. The van der Waals surface area contributed by atoms with Crippen LogP contribution in [0.15, 0.2) is 28.7 Å². The summed E-state index contributed by atoms with van der Waals surface area (Å²) in [6.07, 6.45) is 1.72. The Labute approximate surface area is 133 Å². The molecule has 0 spiro atoms. The molecule has 2 N–H and O–H groups in total. The Bertz CT molecular complexity index is 601. The molecule has 0 saturated carbocycles. The topological polar surface area (TPSA) is 80.5 Å². The van der Waals surface area contributed by atoms with Gasteiger partial charge in [0.1, 0.15) is 5.75 Å². The molecule has 1 amide bonds. The molecule has 0 aromatic heterocycles. The number of nitrogens with zero attached hydrogens (tertiary/aromatic N) is 1. The molecule has 21 heavy (non-hydrogen) atoms. The molecule has 1 fully saturated rings. The van der Waals surface area contributed by atoms with Gasteiger partial charge >= 0.3 is 0 Å². The molecule has 5 nitrogen and oxygen atoms in total. The molecule has 1 saturated heterocycles. The van der Waals surface area contributed by atoms with Crippen LogP contribution >= 0.6 is 15.9 Å². The third kappa shape index (κ3) is 5.09. The van der Waals surface area contributed by atoms with Crippen LogP contribution in [-0.2, 0) is 20.4 Å². The van der Waals surface area contributed by atoms with E-state index < -0.39 is 15.6 Å². The van der Waals surface area contributed by atoms with E-state index in [4.69, 9.17) is 5.73 Å². The average Bonchev–Trinajstić information content (AvgIpc) is 2.40. The zero-order valence-corrected chi connectivity index (χ0v) is 14.1. The summed E-state index contributed by atoms with van der Waals surface area (Å²) in [7, 11) is -3.46. The Morgan fingerprint density at radius 2 is 2.00 bits per heavy atom. The first kappa shape index (κ1) is 16.5. The molecule has 2 rings (SSSR count). The zero-order chi connectivity index (χ0) is 15.5. The summed E-state index contributed by atoms with van der Waals surface area (Å²) in [6, 6.07) is 7.01. The quantitative estimate of drug-likeness (QED) is 0.861. The van der Waals surface area contributed by atoms with Crippen molar-refractivity contribution in [3.63, 3.8) is 0 Å². The lowest BCUT2D eigenvalue weighted by Crippen LogP contribution is -2.47. The predicted octanol–water partition coefficient (Wildman–Crippen LogP) is 1.31. The van der Waals surface area contributed by atoms with Crippen LogP contribution in [0.4, 0.5) is 0 Å². The van der Waals surface area contributed by atoms with E-state index in [9.17, 15) is 13.2 Å². The molecule has 0 bridgehead atoms. The van der Waals surface area contributed by atoms with E-state index in [1.807, 2.05) is 0 Å². The highest BCUT2D eigenvalue weighted by Crippen LogP contribution is 2.14. The van der Waals surface area contributed by atoms with E-state index in [0.717, 1.165) is 17.3 Å². The van der Waals surface area contributed by atoms with Crippen molar-refractivity contribution in [3.05, 3.63) is 34.3 Å². The van der Waals surface area contributed by atoms with Crippen molar-refractivity contribution in [1.29, 1.82) is 0 Å². The Morgan fingerprint density at radius 1 is 1.33 bits per heavy atom. The van der Waals surface area contributed by atoms with Gasteiger partial charge in [0.25, 0.3) is 0 Å². The van der Waals surface area contributed by atoms with Crippen molar-refractivity contribution in [2.24, 2.45) is 5.73 Å². The normalized spacial score (nSPS) is 19.5. The fourth-order valence-corrected chi connectivity index (χ4v) is 4.03. The minimum Gasteiger partial charge on any atom is -0.340 e. The van der Waals surface area contributed by atoms with Gasteiger partial charge in [-0.15, -0.1) is 0 Å². The first-order valence-corrected chi connectivity index (χ1v) is 9.45. The van der Waals surface area contributed by atoms with Crippen LogP contribution < -0.4 is 5.73 Å². The largest absolute Gasteiger partial charge is 0.340 e. The smallest absolute Gasteiger partial charge is 0.237 e. The number of carbonyl (C=O) groups is 1. The van der Waals surface area contributed by atoms with E-state index in [1.54, 1.807) is 29.2 Å². The van der Waals surface area contributed by atoms with E-state index in [-0.39, 0.29) is 17.7 Å². The van der Waals surface area contributed by atoms with Gasteiger partial charge in [-0.2, -0.15) is 0 Å². The van der Waals surface area contributed by atoms with Gasteiger partial charge in [-0.1, -0.05) is 28.1 Å². The molecule has 1 aromatic rings. The van der Waals surface area contributed by atoms with Crippen LogP contribution in [0, 0.1) is 0 Å². The molecule has 1 aliphatic rings. The van der Waals surface area contributed by atoms with Crippen LogP contribution in [0.2, 0.25) is 0 Å². The number of sulfone groups is 1. The van der Waals surface area contributed by atoms with Gasteiger partial charge in [0.05, 0.1) is 5.75 Å². The maximum Gasteiger partial charge on any atom is 0.237 e. The Kier molecular flexibility index (Phi) is 5.40. The minimum atomic E-state index is -3.46. The first-order chi connectivity index (χ1) is 9.85. The van der Waals surface area contributed by atoms with Crippen molar-refractivity contribution < 1.29 is 13.2 Å². The molecule has 1 unspecified atom stereocenters. The fraction of sp³-hybridized carbons (Fsp3) is 0.500. The second-order valence-electron chi connectivity index (χ2n) is 5.40. The molecule has 7 heteroatoms. The number of likely N-dealkylation sites (tertiary alicyclic amines) is 1. The lowest BCUT2D eigenvalue weighted by Gasteiger charge is -2.30. The van der Waals surface area contributed by atoms with E-state index in [2.05, 4.69) is 15.9 Å². The number of piperidine rings is 1. The zero-order valence-electron chi connectivity index (χ0n) is 11.7. The number of rotatable bonds is 4. The van der Waals surface area contributed by atoms with Crippen LogP contribution in [0.5, 0.6) is 0 Å². The molecule has 116 valence electrons. The summed E-state index contributed by atoms with van der Waals surface area (Å²) in [4.78, 5) is 13.7. The summed E-state index contributed by atoms with van der Waals surface area (Å²) in [5, 5.41) is 0. The molecular formula is C14H19BrN2O3S. The molecule has 1 atom stereocenters. The van der Waals surface area contributed by atoms with Crippen LogP contribution in [0.3, 0.4) is 0 Å². The molecule has 0 aliphatic carbocycles. The highest BCUT2D eigenvalue weighted by atomic mass is 79.9. The number of halogens is 1. The van der Waals surface area contributed by atoms with Crippen LogP contribution in [-0.4, -0.2) is 44.1 Å². The van der Waals surface area contributed by atoms with Crippen LogP contribution in [0.1, 0.15) is 18.4 Å². The molecule has 0 radical (unpaired) electrons. The second kappa shape index (κ2) is 6.89. The Morgan fingerprint density at radius 3 is 2.62 bits per heavy atom. The monoisotopic (exact) mass is 374 g/mol. The number of hydrogen-bond donors (Lipinski definition) is 1. The molecule has 1 aromatic carbocycles. The van der Waals surface area contributed by atoms with Gasteiger partial charge in [0, 0.05) is 23.6 Å². The van der Waals surface area contributed by atoms with Gasteiger partial charge in [0.15, 0.2) is 9.84 Å². The van der Waals surface area contributed by atoms with Crippen molar-refractivity contribution in [1.82, 2.24) is 4.90 Å². The SMILES string of the molecule is NC1CCCN(C(=O)CS(=O)(=O)Cc2ccc(Br)cc2)C1. The standard InChI is InChI=1S/C14H19BrN2O3S/c15-12-5-3-11(4-6-12)9-21(19,20)10-14(18)17-7-1-2-13(16)8-17/h3-6,13H,1-2,7-10,16H2. The lowest BCUT2D eigenvalue weighted by atomic mass is 10.1. The summed E-state index contributed by atoms with van der Waals surface area (Å²) < 4.78 is 25.1. The summed E-state index contributed by atoms with van der Waals surface area (Å²) in [5.41, 5.74) is 6.50. The third-order valence-electron chi connectivity index (χ3n) is 3.45. The van der Waals surface area contributed by atoms with Gasteiger partial charge < -0.3 is 10.6 Å². The maximum atomic E-state index is 12.1. The Hall–Kier alpha value is -0.920. The minimum absolute atomic E-state index is 0.0446. The Balaban J connectivity index is 1.96. The van der Waals surface area contributed by atoms with Gasteiger partial charge in [-0.25, -0.2) is 8.42 Å². The predicted molar refractivity (Wildman–Crippen MR) is 85.4 cm³/mol. The van der Waals surface area contributed by atoms with Gasteiger partial charge in [-0.05, 0) is 30.5 Å². The first-order valence-electron chi connectivity index (χ1n) is 6.84. The summed E-state index contributed by atoms with van der Waals surface area (Å²) in [6.45, 7) is 1.05. The summed E-state index contributed by atoms with van der Waals surface area (Å²) in [5.74, 6) is -0.913. The third-order valence-corrected chi connectivity index (χ3v) is 5.44. The molecule has 1 aliphatic heterocycles. The second-order valence-corrected chi connectivity index (χ2v) is 8.38. The molecular weight excluding hydrogens is 356 g/mol. The van der Waals surface area contributed by atoms with Crippen molar-refractivity contribution in [3.8, 4) is 0 Å². The van der Waals surface area contributed by atoms with Crippen molar-refractivity contribution in [2.75, 3.05) is 18.8 Å². The number of benzene rings is 1. The molecule has 1 heterocycles. The van der Waals surface area contributed by atoms with E-state index in [1.165, 1.54) is 0 Å². The number of nitrogens with two attached hydrogens (primary N) is 1. The maximum absolute atomic E-state index is 12.1. The summed E-state index contributed by atoms with van der Waals surface area (Å²) >= 11 is 3.30. The highest BCUT2D eigenvalue weighted by molar-refractivity contribution is 9.10. The lowest BCUT2D eigenvalue weighted by molar-refractivity contribution is -0.129. The van der Waals surface area contributed by atoms with Crippen molar-refractivity contribution >= 4 is 31.7 Å². The highest BCUT2D eigenvalue weighted by Gasteiger charge is 2.25. The van der Waals surface area contributed by atoms with Crippen LogP contribution in [0.25, 0.3) is 0 Å². The fourth-order valence-electron chi connectivity index (χ4n) is 2.40. The number of amides is 1.